The highest BCUT2D eigenvalue weighted by Gasteiger charge is 2.13. The number of nitrogens with one attached hydrogen (secondary N) is 1. The van der Waals surface area contributed by atoms with Crippen molar-refractivity contribution in [3.63, 3.8) is 0 Å². The van der Waals surface area contributed by atoms with Crippen molar-refractivity contribution >= 4 is 0 Å². The van der Waals surface area contributed by atoms with E-state index in [2.05, 4.69) is 23.7 Å². The number of rotatable bonds is 5. The SMILES string of the molecule is C=CCN(CC)CC1CCCCCN1. The predicted octanol–water partition coefficient (Wildman–Crippen LogP) is 2.03. The Morgan fingerprint density at radius 1 is 1.43 bits per heavy atom. The summed E-state index contributed by atoms with van der Waals surface area (Å²) in [7, 11) is 0. The van der Waals surface area contributed by atoms with Gasteiger partial charge >= 0.3 is 0 Å². The van der Waals surface area contributed by atoms with Crippen LogP contribution in [0.5, 0.6) is 0 Å². The van der Waals surface area contributed by atoms with E-state index in [1.165, 1.54) is 38.8 Å². The van der Waals surface area contributed by atoms with Crippen molar-refractivity contribution in [3.8, 4) is 0 Å². The second kappa shape index (κ2) is 7.02. The van der Waals surface area contributed by atoms with Gasteiger partial charge in [-0.15, -0.1) is 6.58 Å². The molecular formula is C12H24N2. The molecule has 1 fully saturated rings. The first kappa shape index (κ1) is 11.7. The third-order valence-electron chi connectivity index (χ3n) is 2.98. The molecule has 0 aromatic rings. The van der Waals surface area contributed by atoms with E-state index in [-0.39, 0.29) is 0 Å². The minimum atomic E-state index is 0.706. The van der Waals surface area contributed by atoms with Crippen LogP contribution in [0.1, 0.15) is 32.6 Å². The molecule has 1 aliphatic heterocycles. The highest BCUT2D eigenvalue weighted by molar-refractivity contribution is 4.79. The molecule has 14 heavy (non-hydrogen) atoms. The van der Waals surface area contributed by atoms with E-state index >= 15 is 0 Å². The summed E-state index contributed by atoms with van der Waals surface area (Å²) < 4.78 is 0. The van der Waals surface area contributed by atoms with Gasteiger partial charge < -0.3 is 5.32 Å². The van der Waals surface area contributed by atoms with Gasteiger partial charge in [0.05, 0.1) is 0 Å². The summed E-state index contributed by atoms with van der Waals surface area (Å²) in [5, 5.41) is 3.63. The maximum absolute atomic E-state index is 3.80. The second-order valence-corrected chi connectivity index (χ2v) is 4.14. The second-order valence-electron chi connectivity index (χ2n) is 4.14. The fraction of sp³-hybridized carbons (Fsp3) is 0.833. The summed E-state index contributed by atoms with van der Waals surface area (Å²) in [5.74, 6) is 0. The summed E-state index contributed by atoms with van der Waals surface area (Å²) in [6.45, 7) is 10.6. The van der Waals surface area contributed by atoms with Gasteiger partial charge in [-0.25, -0.2) is 0 Å². The van der Waals surface area contributed by atoms with Gasteiger partial charge in [-0.3, -0.25) is 4.90 Å². The Kier molecular flexibility index (Phi) is 5.88. The minimum Gasteiger partial charge on any atom is -0.313 e. The lowest BCUT2D eigenvalue weighted by atomic mass is 10.1. The molecule has 0 amide bonds. The van der Waals surface area contributed by atoms with E-state index in [0.29, 0.717) is 6.04 Å². The van der Waals surface area contributed by atoms with Gasteiger partial charge in [0.2, 0.25) is 0 Å². The van der Waals surface area contributed by atoms with Crippen LogP contribution in [0, 0.1) is 0 Å². The number of hydrogen-bond acceptors (Lipinski definition) is 2. The molecule has 1 N–H and O–H groups in total. The average molecular weight is 196 g/mol. The fourth-order valence-electron chi connectivity index (χ4n) is 2.08. The molecule has 1 saturated heterocycles. The van der Waals surface area contributed by atoms with Crippen LogP contribution in [-0.4, -0.2) is 37.1 Å². The first-order valence-corrected chi connectivity index (χ1v) is 5.93. The monoisotopic (exact) mass is 196 g/mol. The van der Waals surface area contributed by atoms with Crippen LogP contribution in [0.25, 0.3) is 0 Å². The van der Waals surface area contributed by atoms with Crippen LogP contribution in [0.2, 0.25) is 0 Å². The van der Waals surface area contributed by atoms with Crippen LogP contribution in [-0.2, 0) is 0 Å². The lowest BCUT2D eigenvalue weighted by molar-refractivity contribution is 0.273. The van der Waals surface area contributed by atoms with Gasteiger partial charge in [0, 0.05) is 19.1 Å². The molecule has 1 heterocycles. The summed E-state index contributed by atoms with van der Waals surface area (Å²) in [6.07, 6.45) is 7.48. The van der Waals surface area contributed by atoms with Gasteiger partial charge in [0.25, 0.3) is 0 Å². The molecule has 1 rings (SSSR count). The van der Waals surface area contributed by atoms with Crippen molar-refractivity contribution in [1.82, 2.24) is 10.2 Å². The van der Waals surface area contributed by atoms with E-state index in [4.69, 9.17) is 0 Å². The standard InChI is InChI=1S/C12H24N2/c1-3-10-14(4-2)11-12-8-6-5-7-9-13-12/h3,12-13H,1,4-11H2,2H3. The summed E-state index contributed by atoms with van der Waals surface area (Å²) in [4.78, 5) is 2.45. The van der Waals surface area contributed by atoms with E-state index in [9.17, 15) is 0 Å². The van der Waals surface area contributed by atoms with Crippen molar-refractivity contribution in [2.75, 3.05) is 26.2 Å². The molecule has 0 aliphatic carbocycles. The molecule has 1 unspecified atom stereocenters. The van der Waals surface area contributed by atoms with Crippen molar-refractivity contribution < 1.29 is 0 Å². The maximum Gasteiger partial charge on any atom is 0.0195 e. The van der Waals surface area contributed by atoms with Gasteiger partial charge in [-0.1, -0.05) is 25.8 Å². The lowest BCUT2D eigenvalue weighted by Gasteiger charge is -2.25. The van der Waals surface area contributed by atoms with Gasteiger partial charge in [-0.05, 0) is 25.9 Å². The van der Waals surface area contributed by atoms with E-state index in [1.54, 1.807) is 0 Å². The summed E-state index contributed by atoms with van der Waals surface area (Å²) in [6, 6.07) is 0.706. The van der Waals surface area contributed by atoms with E-state index in [0.717, 1.165) is 13.1 Å². The third kappa shape index (κ3) is 4.25. The zero-order chi connectivity index (χ0) is 10.2. The van der Waals surface area contributed by atoms with Crippen LogP contribution in [0.3, 0.4) is 0 Å². The molecule has 2 heteroatoms. The zero-order valence-corrected chi connectivity index (χ0v) is 9.47. The van der Waals surface area contributed by atoms with Crippen molar-refractivity contribution in [2.24, 2.45) is 0 Å². The Morgan fingerprint density at radius 3 is 3.00 bits per heavy atom. The van der Waals surface area contributed by atoms with Crippen LogP contribution >= 0.6 is 0 Å². The molecule has 82 valence electrons. The number of likely N-dealkylation sites (N-methyl/N-ethyl adjacent to an activating group) is 1. The Labute approximate surface area is 88.4 Å². The zero-order valence-electron chi connectivity index (χ0n) is 9.47. The van der Waals surface area contributed by atoms with Gasteiger partial charge in [0.1, 0.15) is 0 Å². The van der Waals surface area contributed by atoms with Crippen LogP contribution in [0.15, 0.2) is 12.7 Å². The molecule has 0 saturated carbocycles. The van der Waals surface area contributed by atoms with Crippen molar-refractivity contribution in [2.45, 2.75) is 38.6 Å². The predicted molar refractivity (Wildman–Crippen MR) is 62.6 cm³/mol. The number of hydrogen-bond donors (Lipinski definition) is 1. The Bertz CT molecular complexity index is 148. The highest BCUT2D eigenvalue weighted by Crippen LogP contribution is 2.09. The first-order chi connectivity index (χ1) is 6.86. The lowest BCUT2D eigenvalue weighted by Crippen LogP contribution is -2.40. The summed E-state index contributed by atoms with van der Waals surface area (Å²) in [5.41, 5.74) is 0. The minimum absolute atomic E-state index is 0.706. The summed E-state index contributed by atoms with van der Waals surface area (Å²) >= 11 is 0. The molecule has 0 spiro atoms. The normalized spacial score (nSPS) is 23.4. The Hall–Kier alpha value is -0.340. The maximum atomic E-state index is 3.80. The average Bonchev–Trinajstić information content (AvgIpc) is 2.45. The Balaban J connectivity index is 2.27. The molecular weight excluding hydrogens is 172 g/mol. The van der Waals surface area contributed by atoms with Gasteiger partial charge in [-0.2, -0.15) is 0 Å². The molecule has 0 radical (unpaired) electrons. The number of nitrogens with zero attached hydrogens (tertiary/aromatic N) is 1. The van der Waals surface area contributed by atoms with Crippen molar-refractivity contribution in [1.29, 1.82) is 0 Å². The smallest absolute Gasteiger partial charge is 0.0195 e. The molecule has 1 atom stereocenters. The third-order valence-corrected chi connectivity index (χ3v) is 2.98. The topological polar surface area (TPSA) is 15.3 Å². The fourth-order valence-corrected chi connectivity index (χ4v) is 2.08. The first-order valence-electron chi connectivity index (χ1n) is 5.93. The molecule has 0 bridgehead atoms. The largest absolute Gasteiger partial charge is 0.313 e. The molecule has 0 aromatic carbocycles. The Morgan fingerprint density at radius 2 is 2.29 bits per heavy atom. The quantitative estimate of drug-likeness (QED) is 0.677. The van der Waals surface area contributed by atoms with E-state index < -0.39 is 0 Å². The van der Waals surface area contributed by atoms with E-state index in [1.807, 2.05) is 6.08 Å². The van der Waals surface area contributed by atoms with Gasteiger partial charge in [0.15, 0.2) is 0 Å². The highest BCUT2D eigenvalue weighted by atomic mass is 15.1. The van der Waals surface area contributed by atoms with Crippen LogP contribution in [0.4, 0.5) is 0 Å². The molecule has 2 nitrogen and oxygen atoms in total. The molecule has 1 aliphatic rings. The van der Waals surface area contributed by atoms with Crippen LogP contribution < -0.4 is 5.32 Å². The molecule has 0 aromatic heterocycles. The van der Waals surface area contributed by atoms with Crippen molar-refractivity contribution in [3.05, 3.63) is 12.7 Å².